The van der Waals surface area contributed by atoms with Gasteiger partial charge in [0.1, 0.15) is 12.7 Å². The quantitative estimate of drug-likeness (QED) is 0.263. The Morgan fingerprint density at radius 2 is 1.69 bits per heavy atom. The van der Waals surface area contributed by atoms with Gasteiger partial charge >= 0.3 is 0 Å². The largest absolute Gasteiger partial charge is 0.382 e. The molecule has 10 heteroatoms. The summed E-state index contributed by atoms with van der Waals surface area (Å²) < 4.78 is 29.2. The molecule has 1 saturated heterocycles. The number of nitrogens with zero attached hydrogens (tertiary/aromatic N) is 4. The van der Waals surface area contributed by atoms with Crippen LogP contribution in [0.4, 0.5) is 14.5 Å². The highest BCUT2D eigenvalue weighted by molar-refractivity contribution is 6.30. The molecule has 0 spiro atoms. The number of amides is 1. The molecule has 2 aliphatic carbocycles. The highest BCUT2D eigenvalue weighted by Gasteiger charge is 2.47. The first kappa shape index (κ1) is 31.9. The first-order valence-corrected chi connectivity index (χ1v) is 17.0. The predicted octanol–water partition coefficient (Wildman–Crippen LogP) is 7.01. The number of nitrogens with two attached hydrogens (primary N) is 1. The van der Waals surface area contributed by atoms with Crippen LogP contribution in [0.15, 0.2) is 55.1 Å². The Kier molecular flexibility index (Phi) is 9.76. The topological polar surface area (TPSA) is 89.1 Å². The summed E-state index contributed by atoms with van der Waals surface area (Å²) in [6.45, 7) is 2.29. The molecule has 2 aromatic carbocycles. The molecule has 1 atom stereocenters. The van der Waals surface area contributed by atoms with Crippen molar-refractivity contribution >= 4 is 23.2 Å². The molecule has 2 saturated carbocycles. The molecule has 0 radical (unpaired) electrons. The summed E-state index contributed by atoms with van der Waals surface area (Å²) in [6.07, 6.45) is 15.0. The van der Waals surface area contributed by atoms with Gasteiger partial charge in [-0.15, -0.1) is 0 Å². The molecule has 1 amide bonds. The zero-order valence-electron chi connectivity index (χ0n) is 25.9. The fourth-order valence-electron chi connectivity index (χ4n) is 8.30. The van der Waals surface area contributed by atoms with Crippen molar-refractivity contribution in [2.24, 2.45) is 23.0 Å². The van der Waals surface area contributed by atoms with Crippen LogP contribution in [0, 0.1) is 28.9 Å². The van der Waals surface area contributed by atoms with Crippen LogP contribution in [-0.2, 0) is 17.8 Å². The highest BCUT2D eigenvalue weighted by atomic mass is 35.5. The van der Waals surface area contributed by atoms with Crippen LogP contribution in [-0.4, -0.2) is 50.2 Å². The fourth-order valence-corrected chi connectivity index (χ4v) is 8.43. The van der Waals surface area contributed by atoms with Crippen LogP contribution in [0.5, 0.6) is 0 Å². The summed E-state index contributed by atoms with van der Waals surface area (Å²) in [5, 5.41) is 8.47. The lowest BCUT2D eigenvalue weighted by Crippen LogP contribution is -2.59. The average Bonchev–Trinajstić information content (AvgIpc) is 3.57. The van der Waals surface area contributed by atoms with Crippen LogP contribution in [0.3, 0.4) is 0 Å². The number of carbonyl (C=O) groups is 1. The summed E-state index contributed by atoms with van der Waals surface area (Å²) in [7, 11) is 0. The maximum atomic E-state index is 14.5. The number of anilines is 1. The number of rotatable bonds is 9. The zero-order valence-corrected chi connectivity index (χ0v) is 26.7. The van der Waals surface area contributed by atoms with E-state index in [4.69, 9.17) is 17.3 Å². The van der Waals surface area contributed by atoms with Crippen molar-refractivity contribution in [3.05, 3.63) is 77.3 Å². The van der Waals surface area contributed by atoms with Crippen molar-refractivity contribution < 1.29 is 13.6 Å². The van der Waals surface area contributed by atoms with Crippen LogP contribution in [0.2, 0.25) is 5.02 Å². The molecule has 3 N–H and O–H groups in total. The zero-order chi connectivity index (χ0) is 31.4. The second kappa shape index (κ2) is 13.8. The summed E-state index contributed by atoms with van der Waals surface area (Å²) in [6, 6.07) is 11.7. The monoisotopic (exact) mass is 638 g/mol. The second-order valence-electron chi connectivity index (χ2n) is 13.8. The maximum Gasteiger partial charge on any atom is 0.227 e. The number of halogens is 3. The number of hydrogen-bond donors (Lipinski definition) is 2. The summed E-state index contributed by atoms with van der Waals surface area (Å²) in [5.74, 6) is -1.33. The van der Waals surface area contributed by atoms with Crippen LogP contribution < -0.4 is 11.1 Å². The molecule has 6 rings (SSSR count). The van der Waals surface area contributed by atoms with Gasteiger partial charge in [-0.1, -0.05) is 43.0 Å². The molecular weight excluding hydrogens is 594 g/mol. The van der Waals surface area contributed by atoms with Gasteiger partial charge in [-0.3, -0.25) is 9.48 Å². The fraction of sp³-hybridized carbons (Fsp3) is 0.571. The van der Waals surface area contributed by atoms with Crippen LogP contribution in [0.1, 0.15) is 76.2 Å². The minimum Gasteiger partial charge on any atom is -0.382 e. The van der Waals surface area contributed by atoms with Crippen molar-refractivity contribution in [2.45, 2.75) is 95.2 Å². The Hall–Kier alpha value is -3.04. The van der Waals surface area contributed by atoms with E-state index in [1.165, 1.54) is 38.2 Å². The number of likely N-dealkylation sites (tertiary alicyclic amines) is 1. The van der Waals surface area contributed by atoms with E-state index in [0.717, 1.165) is 56.9 Å². The SMILES string of the molecule is NC1([C@@H](Cc2ccc(Cl)cc2)C(=O)N2CCC(Cn3cncn3)(C3CCCCC3)CC2)CCC(Nc2ccc(F)c(F)c2)CC1. The Labute approximate surface area is 269 Å². The first-order chi connectivity index (χ1) is 21.7. The normalized spacial score (nSPS) is 24.7. The average molecular weight is 639 g/mol. The lowest BCUT2D eigenvalue weighted by Gasteiger charge is -2.50. The molecule has 45 heavy (non-hydrogen) atoms. The molecule has 7 nitrogen and oxygen atoms in total. The van der Waals surface area contributed by atoms with E-state index in [0.29, 0.717) is 35.9 Å². The van der Waals surface area contributed by atoms with E-state index in [9.17, 15) is 13.6 Å². The minimum absolute atomic E-state index is 0.0701. The molecule has 1 aromatic heterocycles. The summed E-state index contributed by atoms with van der Waals surface area (Å²) in [5.41, 5.74) is 8.25. The molecule has 3 aliphatic rings. The molecule has 1 aliphatic heterocycles. The molecule has 0 unspecified atom stereocenters. The molecule has 242 valence electrons. The van der Waals surface area contributed by atoms with E-state index in [-0.39, 0.29) is 23.3 Å². The van der Waals surface area contributed by atoms with E-state index in [2.05, 4.69) is 20.3 Å². The van der Waals surface area contributed by atoms with Gasteiger partial charge in [-0.25, -0.2) is 13.8 Å². The van der Waals surface area contributed by atoms with Crippen molar-refractivity contribution in [1.29, 1.82) is 0 Å². The van der Waals surface area contributed by atoms with Gasteiger partial charge in [0.25, 0.3) is 0 Å². The van der Waals surface area contributed by atoms with E-state index < -0.39 is 17.2 Å². The third-order valence-electron chi connectivity index (χ3n) is 11.0. The maximum absolute atomic E-state index is 14.5. The Morgan fingerprint density at radius 3 is 2.33 bits per heavy atom. The van der Waals surface area contributed by atoms with Crippen molar-refractivity contribution in [3.63, 3.8) is 0 Å². The number of hydrogen-bond acceptors (Lipinski definition) is 5. The van der Waals surface area contributed by atoms with Crippen molar-refractivity contribution in [2.75, 3.05) is 18.4 Å². The van der Waals surface area contributed by atoms with Gasteiger partial charge in [-0.2, -0.15) is 5.10 Å². The first-order valence-electron chi connectivity index (χ1n) is 16.6. The molecule has 2 heterocycles. The van der Waals surface area contributed by atoms with Gasteiger partial charge < -0.3 is 16.0 Å². The van der Waals surface area contributed by atoms with Gasteiger partial charge in [0, 0.05) is 48.0 Å². The van der Waals surface area contributed by atoms with Crippen molar-refractivity contribution in [3.8, 4) is 0 Å². The van der Waals surface area contributed by atoms with E-state index >= 15 is 0 Å². The standard InChI is InChI=1S/C35H45ClF2N6O/c36-27-8-6-25(7-9-27)20-30(35(39)14-12-28(13-15-35)42-29-10-11-31(37)32(38)21-29)33(45)43-18-16-34(17-19-43,22-44-24-40-23-41-44)26-4-2-1-3-5-26/h6-11,21,23-24,26,28,30,42H,1-5,12-20,22,39H2/t28?,30-,35?/m0/s1. The van der Waals surface area contributed by atoms with E-state index in [1.807, 2.05) is 35.3 Å². The van der Waals surface area contributed by atoms with Crippen LogP contribution >= 0.6 is 11.6 Å². The number of benzene rings is 2. The number of carbonyl (C=O) groups excluding carboxylic acids is 1. The van der Waals surface area contributed by atoms with Gasteiger partial charge in [0.2, 0.25) is 5.91 Å². The smallest absolute Gasteiger partial charge is 0.227 e. The predicted molar refractivity (Wildman–Crippen MR) is 173 cm³/mol. The van der Waals surface area contributed by atoms with Gasteiger partial charge in [0.15, 0.2) is 11.6 Å². The third-order valence-corrected chi connectivity index (χ3v) is 11.3. The molecule has 3 aromatic rings. The minimum atomic E-state index is -0.868. The molecule has 0 bridgehead atoms. The Balaban J connectivity index is 1.17. The summed E-state index contributed by atoms with van der Waals surface area (Å²) >= 11 is 6.19. The lowest BCUT2D eigenvalue weighted by molar-refractivity contribution is -0.142. The Bertz CT molecular complexity index is 1410. The highest BCUT2D eigenvalue weighted by Crippen LogP contribution is 2.47. The number of aromatic nitrogens is 3. The second-order valence-corrected chi connectivity index (χ2v) is 14.2. The van der Waals surface area contributed by atoms with Gasteiger partial charge in [0.05, 0.1) is 5.92 Å². The lowest BCUT2D eigenvalue weighted by atomic mass is 9.63. The van der Waals surface area contributed by atoms with Crippen molar-refractivity contribution in [1.82, 2.24) is 19.7 Å². The third kappa shape index (κ3) is 7.35. The van der Waals surface area contributed by atoms with Gasteiger partial charge in [-0.05, 0) is 98.9 Å². The number of piperidine rings is 1. The summed E-state index contributed by atoms with van der Waals surface area (Å²) in [4.78, 5) is 20.8. The molecular formula is C35H45ClF2N6O. The Morgan fingerprint density at radius 1 is 0.978 bits per heavy atom. The molecule has 3 fully saturated rings. The van der Waals surface area contributed by atoms with E-state index in [1.54, 1.807) is 12.4 Å². The number of nitrogens with one attached hydrogen (secondary N) is 1. The van der Waals surface area contributed by atoms with Crippen LogP contribution in [0.25, 0.3) is 0 Å².